The number of hydrogen-bond donors (Lipinski definition) is 2. The van der Waals surface area contributed by atoms with E-state index in [0.29, 0.717) is 11.8 Å². The highest BCUT2D eigenvalue weighted by atomic mass is 79.9. The van der Waals surface area contributed by atoms with Crippen molar-refractivity contribution in [2.75, 3.05) is 5.33 Å². The molecule has 4 nitrogen and oxygen atoms in total. The van der Waals surface area contributed by atoms with Gasteiger partial charge in [0.05, 0.1) is 18.6 Å². The normalized spacial score (nSPS) is 14.5. The minimum atomic E-state index is -0.891. The second-order valence-corrected chi connectivity index (χ2v) is 6.45. The lowest BCUT2D eigenvalue weighted by molar-refractivity contribution is -0.158. The van der Waals surface area contributed by atoms with Crippen LogP contribution in [0.4, 0.5) is 0 Å². The Balaban J connectivity index is 2.45. The monoisotopic (exact) mass is 358 g/mol. The van der Waals surface area contributed by atoms with Gasteiger partial charge in [0, 0.05) is 18.2 Å². The van der Waals surface area contributed by atoms with E-state index in [4.69, 9.17) is 4.74 Å². The van der Waals surface area contributed by atoms with Crippen molar-refractivity contribution in [1.29, 1.82) is 0 Å². The standard InChI is InChI=1S/C16H23BrO4/c1-16(2,10-12-6-4-3-5-7-12)21-15(20)9-13(18)8-14(19)11-17/h3-7,13-14,18-19H,8-11H2,1-2H3. The molecule has 21 heavy (non-hydrogen) atoms. The lowest BCUT2D eigenvalue weighted by Crippen LogP contribution is -2.32. The summed E-state index contributed by atoms with van der Waals surface area (Å²) < 4.78 is 5.44. The average molecular weight is 359 g/mol. The molecule has 0 bridgehead atoms. The van der Waals surface area contributed by atoms with Gasteiger partial charge in [0.2, 0.25) is 0 Å². The molecule has 0 saturated heterocycles. The minimum absolute atomic E-state index is 0.109. The van der Waals surface area contributed by atoms with Crippen molar-refractivity contribution in [3.63, 3.8) is 0 Å². The molecule has 2 N–H and O–H groups in total. The molecule has 0 radical (unpaired) electrons. The first-order chi connectivity index (χ1) is 9.82. The van der Waals surface area contributed by atoms with E-state index in [-0.39, 0.29) is 12.8 Å². The van der Waals surface area contributed by atoms with Crippen LogP contribution in [0, 0.1) is 0 Å². The number of alkyl halides is 1. The molecule has 0 aliphatic heterocycles. The molecule has 0 aromatic heterocycles. The molecule has 2 atom stereocenters. The second-order valence-electron chi connectivity index (χ2n) is 5.80. The lowest BCUT2D eigenvalue weighted by Gasteiger charge is -2.26. The summed E-state index contributed by atoms with van der Waals surface area (Å²) in [4.78, 5) is 11.9. The van der Waals surface area contributed by atoms with Crippen LogP contribution in [0.1, 0.15) is 32.3 Å². The van der Waals surface area contributed by atoms with Gasteiger partial charge in [0.15, 0.2) is 0 Å². The number of aliphatic hydroxyl groups excluding tert-OH is 2. The van der Waals surface area contributed by atoms with Crippen molar-refractivity contribution in [3.8, 4) is 0 Å². The van der Waals surface area contributed by atoms with Crippen LogP contribution < -0.4 is 0 Å². The van der Waals surface area contributed by atoms with Crippen LogP contribution in [0.25, 0.3) is 0 Å². The Hall–Kier alpha value is -0.910. The molecular formula is C16H23BrO4. The van der Waals surface area contributed by atoms with Gasteiger partial charge in [-0.1, -0.05) is 46.3 Å². The number of ether oxygens (including phenoxy) is 1. The summed E-state index contributed by atoms with van der Waals surface area (Å²) >= 11 is 3.12. The fraction of sp³-hybridized carbons (Fsp3) is 0.562. The maximum absolute atomic E-state index is 11.9. The van der Waals surface area contributed by atoms with Crippen molar-refractivity contribution in [3.05, 3.63) is 35.9 Å². The van der Waals surface area contributed by atoms with Gasteiger partial charge in [-0.05, 0) is 19.4 Å². The summed E-state index contributed by atoms with van der Waals surface area (Å²) in [6, 6.07) is 9.79. The lowest BCUT2D eigenvalue weighted by atomic mass is 9.98. The number of carbonyl (C=O) groups excluding carboxylic acids is 1. The van der Waals surface area contributed by atoms with Gasteiger partial charge in [-0.3, -0.25) is 4.79 Å². The largest absolute Gasteiger partial charge is 0.459 e. The smallest absolute Gasteiger partial charge is 0.308 e. The topological polar surface area (TPSA) is 66.8 Å². The zero-order chi connectivity index (χ0) is 15.9. The fourth-order valence-corrected chi connectivity index (χ4v) is 2.39. The van der Waals surface area contributed by atoms with E-state index in [1.807, 2.05) is 44.2 Å². The predicted octanol–water partition coefficient (Wildman–Crippen LogP) is 2.45. The summed E-state index contributed by atoms with van der Waals surface area (Å²) in [5.74, 6) is -0.454. The third-order valence-electron chi connectivity index (χ3n) is 2.99. The molecule has 2 unspecified atom stereocenters. The van der Waals surface area contributed by atoms with Crippen LogP contribution >= 0.6 is 15.9 Å². The van der Waals surface area contributed by atoms with Crippen molar-refractivity contribution in [2.45, 2.75) is 50.9 Å². The summed E-state index contributed by atoms with van der Waals surface area (Å²) in [6.07, 6.45) is -0.899. The molecule has 0 fully saturated rings. The Morgan fingerprint density at radius 3 is 2.43 bits per heavy atom. The number of halogens is 1. The minimum Gasteiger partial charge on any atom is -0.459 e. The fourth-order valence-electron chi connectivity index (χ4n) is 2.13. The van der Waals surface area contributed by atoms with Gasteiger partial charge in [0.25, 0.3) is 0 Å². The molecule has 1 rings (SSSR count). The summed E-state index contributed by atoms with van der Waals surface area (Å²) in [5, 5.41) is 19.5. The summed E-state index contributed by atoms with van der Waals surface area (Å²) in [7, 11) is 0. The van der Waals surface area contributed by atoms with E-state index in [2.05, 4.69) is 15.9 Å². The predicted molar refractivity (Wildman–Crippen MR) is 85.4 cm³/mol. The van der Waals surface area contributed by atoms with Crippen molar-refractivity contribution in [2.24, 2.45) is 0 Å². The number of esters is 1. The van der Waals surface area contributed by atoms with Crippen LogP contribution in [0.5, 0.6) is 0 Å². The van der Waals surface area contributed by atoms with Gasteiger partial charge in [-0.15, -0.1) is 0 Å². The van der Waals surface area contributed by atoms with E-state index in [1.54, 1.807) is 0 Å². The molecule has 0 aliphatic carbocycles. The summed E-state index contributed by atoms with van der Waals surface area (Å²) in [6.45, 7) is 3.69. The van der Waals surface area contributed by atoms with Crippen LogP contribution in [0.15, 0.2) is 30.3 Å². The molecule has 0 heterocycles. The first kappa shape index (κ1) is 18.1. The highest BCUT2D eigenvalue weighted by molar-refractivity contribution is 9.09. The molecule has 1 aromatic carbocycles. The Morgan fingerprint density at radius 1 is 1.24 bits per heavy atom. The molecule has 0 saturated carbocycles. The van der Waals surface area contributed by atoms with E-state index < -0.39 is 23.8 Å². The van der Waals surface area contributed by atoms with Gasteiger partial charge in [0.1, 0.15) is 5.60 Å². The van der Waals surface area contributed by atoms with Crippen LogP contribution in [0.3, 0.4) is 0 Å². The first-order valence-electron chi connectivity index (χ1n) is 7.00. The van der Waals surface area contributed by atoms with Gasteiger partial charge in [-0.2, -0.15) is 0 Å². The first-order valence-corrected chi connectivity index (χ1v) is 8.12. The number of aliphatic hydroxyl groups is 2. The van der Waals surface area contributed by atoms with Crippen molar-refractivity contribution >= 4 is 21.9 Å². The van der Waals surface area contributed by atoms with E-state index in [9.17, 15) is 15.0 Å². The molecule has 118 valence electrons. The highest BCUT2D eigenvalue weighted by Crippen LogP contribution is 2.18. The highest BCUT2D eigenvalue weighted by Gasteiger charge is 2.25. The van der Waals surface area contributed by atoms with Gasteiger partial charge >= 0.3 is 5.97 Å². The number of carbonyl (C=O) groups is 1. The van der Waals surface area contributed by atoms with E-state index in [1.165, 1.54) is 0 Å². The second kappa shape index (κ2) is 8.51. The van der Waals surface area contributed by atoms with E-state index in [0.717, 1.165) is 5.56 Å². The zero-order valence-electron chi connectivity index (χ0n) is 12.5. The quantitative estimate of drug-likeness (QED) is 0.553. The third-order valence-corrected chi connectivity index (χ3v) is 3.73. The van der Waals surface area contributed by atoms with Crippen LogP contribution in [-0.2, 0) is 16.0 Å². The maximum Gasteiger partial charge on any atom is 0.308 e. The van der Waals surface area contributed by atoms with E-state index >= 15 is 0 Å². The Bertz CT molecular complexity index is 433. The molecule has 1 aromatic rings. The average Bonchev–Trinajstić information content (AvgIpc) is 2.37. The number of benzene rings is 1. The molecule has 0 aliphatic rings. The molecule has 0 spiro atoms. The van der Waals surface area contributed by atoms with Crippen LogP contribution in [-0.4, -0.2) is 39.3 Å². The molecule has 0 amide bonds. The van der Waals surface area contributed by atoms with Crippen LogP contribution in [0.2, 0.25) is 0 Å². The molecular weight excluding hydrogens is 336 g/mol. The number of hydrogen-bond acceptors (Lipinski definition) is 4. The third kappa shape index (κ3) is 7.60. The zero-order valence-corrected chi connectivity index (χ0v) is 14.0. The molecule has 5 heteroatoms. The maximum atomic E-state index is 11.9. The van der Waals surface area contributed by atoms with Crippen molar-refractivity contribution < 1.29 is 19.7 Å². The van der Waals surface area contributed by atoms with Gasteiger partial charge < -0.3 is 14.9 Å². The summed E-state index contributed by atoms with van der Waals surface area (Å²) in [5.41, 5.74) is 0.456. The Kier molecular flexibility index (Phi) is 7.35. The number of rotatable bonds is 8. The Labute approximate surface area is 134 Å². The van der Waals surface area contributed by atoms with Gasteiger partial charge in [-0.25, -0.2) is 0 Å². The Morgan fingerprint density at radius 2 is 1.86 bits per heavy atom. The SMILES string of the molecule is CC(C)(Cc1ccccc1)OC(=O)CC(O)CC(O)CBr. The van der Waals surface area contributed by atoms with Crippen molar-refractivity contribution in [1.82, 2.24) is 0 Å².